The third kappa shape index (κ3) is 5.77. The van der Waals surface area contributed by atoms with Gasteiger partial charge in [0.25, 0.3) is 0 Å². The van der Waals surface area contributed by atoms with Gasteiger partial charge in [0.1, 0.15) is 0 Å². The van der Waals surface area contributed by atoms with E-state index in [2.05, 4.69) is 10.6 Å². The van der Waals surface area contributed by atoms with E-state index in [-0.39, 0.29) is 24.9 Å². The van der Waals surface area contributed by atoms with Crippen molar-refractivity contribution in [1.82, 2.24) is 15.5 Å². The third-order valence-electron chi connectivity index (χ3n) is 2.57. The number of halogens is 2. The Hall–Kier alpha value is -1.30. The second-order valence-corrected chi connectivity index (χ2v) is 5.19. The molecule has 0 spiro atoms. The number of hydrogen-bond acceptors (Lipinski definition) is 3. The molecule has 110 valence electrons. The average Bonchev–Trinajstić information content (AvgIpc) is 2.40. The number of rotatable bonds is 6. The molecule has 1 aromatic carbocycles. The number of likely N-dealkylation sites (N-methyl/N-ethyl adjacent to an activating group) is 2. The molecule has 2 N–H and O–H groups in total. The molecule has 0 saturated carbocycles. The molecular formula is C13H17Cl2N3O2. The minimum Gasteiger partial charge on any atom is -0.358 e. The molecular weight excluding hydrogens is 301 g/mol. The molecule has 0 heterocycles. The van der Waals surface area contributed by atoms with Gasteiger partial charge in [0.15, 0.2) is 0 Å². The number of hydrogen-bond donors (Lipinski definition) is 2. The Bertz CT molecular complexity index is 495. The van der Waals surface area contributed by atoms with Crippen LogP contribution in [0.15, 0.2) is 18.2 Å². The van der Waals surface area contributed by atoms with Crippen LogP contribution < -0.4 is 10.6 Å². The lowest BCUT2D eigenvalue weighted by Crippen LogP contribution is -2.40. The fourth-order valence-corrected chi connectivity index (χ4v) is 1.89. The maximum absolute atomic E-state index is 11.6. The predicted octanol–water partition coefficient (Wildman–Crippen LogP) is 1.29. The van der Waals surface area contributed by atoms with Gasteiger partial charge in [0.2, 0.25) is 11.8 Å². The summed E-state index contributed by atoms with van der Waals surface area (Å²) in [6.07, 6.45) is 0. The molecule has 2 amide bonds. The minimum atomic E-state index is -0.231. The van der Waals surface area contributed by atoms with Crippen molar-refractivity contribution < 1.29 is 9.59 Å². The highest BCUT2D eigenvalue weighted by Gasteiger charge is 2.09. The van der Waals surface area contributed by atoms with Gasteiger partial charge >= 0.3 is 0 Å². The van der Waals surface area contributed by atoms with Crippen LogP contribution in [0.1, 0.15) is 5.56 Å². The normalized spacial score (nSPS) is 10.4. The fraction of sp³-hybridized carbons (Fsp3) is 0.385. The molecule has 0 radical (unpaired) electrons. The summed E-state index contributed by atoms with van der Waals surface area (Å²) in [4.78, 5) is 24.4. The van der Waals surface area contributed by atoms with Crippen molar-refractivity contribution in [3.63, 3.8) is 0 Å². The number of carbonyl (C=O) groups is 2. The van der Waals surface area contributed by atoms with Crippen molar-refractivity contribution in [2.45, 2.75) is 6.54 Å². The predicted molar refractivity (Wildman–Crippen MR) is 79.9 cm³/mol. The lowest BCUT2D eigenvalue weighted by Gasteiger charge is -2.16. The van der Waals surface area contributed by atoms with Crippen molar-refractivity contribution in [3.8, 4) is 0 Å². The standard InChI is InChI=1S/C13H17Cl2N3O2/c1-16-12(19)6-17-13(20)8-18(2)7-9-3-4-10(14)11(15)5-9/h3-5H,6-8H2,1-2H3,(H,16,19)(H,17,20). The molecule has 1 aromatic rings. The smallest absolute Gasteiger partial charge is 0.239 e. The zero-order valence-corrected chi connectivity index (χ0v) is 12.9. The van der Waals surface area contributed by atoms with Gasteiger partial charge in [0.05, 0.1) is 23.1 Å². The van der Waals surface area contributed by atoms with E-state index >= 15 is 0 Å². The van der Waals surface area contributed by atoms with Crippen molar-refractivity contribution in [2.24, 2.45) is 0 Å². The molecule has 7 heteroatoms. The third-order valence-corrected chi connectivity index (χ3v) is 3.31. The van der Waals surface area contributed by atoms with Gasteiger partial charge in [-0.25, -0.2) is 0 Å². The van der Waals surface area contributed by atoms with E-state index in [9.17, 15) is 9.59 Å². The summed E-state index contributed by atoms with van der Waals surface area (Å²) < 4.78 is 0. The molecule has 20 heavy (non-hydrogen) atoms. The van der Waals surface area contributed by atoms with E-state index in [1.807, 2.05) is 18.0 Å². The molecule has 0 fully saturated rings. The minimum absolute atomic E-state index is 0.0179. The summed E-state index contributed by atoms with van der Waals surface area (Å²) in [7, 11) is 3.33. The second-order valence-electron chi connectivity index (χ2n) is 4.37. The SMILES string of the molecule is CNC(=O)CNC(=O)CN(C)Cc1ccc(Cl)c(Cl)c1. The topological polar surface area (TPSA) is 61.4 Å². The molecule has 0 aliphatic heterocycles. The Morgan fingerprint density at radius 3 is 2.50 bits per heavy atom. The van der Waals surface area contributed by atoms with Crippen LogP contribution in [0.4, 0.5) is 0 Å². The summed E-state index contributed by atoms with van der Waals surface area (Å²) >= 11 is 11.8. The summed E-state index contributed by atoms with van der Waals surface area (Å²) in [5.41, 5.74) is 0.959. The number of nitrogens with zero attached hydrogens (tertiary/aromatic N) is 1. The Kier molecular flexibility index (Phi) is 6.78. The highest BCUT2D eigenvalue weighted by atomic mass is 35.5. The molecule has 0 bridgehead atoms. The van der Waals surface area contributed by atoms with E-state index in [1.165, 1.54) is 7.05 Å². The zero-order valence-electron chi connectivity index (χ0n) is 11.4. The number of carbonyl (C=O) groups excluding carboxylic acids is 2. The van der Waals surface area contributed by atoms with Crippen LogP contribution in [-0.2, 0) is 16.1 Å². The van der Waals surface area contributed by atoms with Crippen LogP contribution in [0, 0.1) is 0 Å². The first-order valence-corrected chi connectivity index (χ1v) is 6.77. The van der Waals surface area contributed by atoms with Crippen LogP contribution in [0.2, 0.25) is 10.0 Å². The number of nitrogens with one attached hydrogen (secondary N) is 2. The van der Waals surface area contributed by atoms with Gasteiger partial charge in [-0.2, -0.15) is 0 Å². The fourth-order valence-electron chi connectivity index (χ4n) is 1.57. The van der Waals surface area contributed by atoms with Crippen molar-refractivity contribution in [1.29, 1.82) is 0 Å². The van der Waals surface area contributed by atoms with E-state index in [0.29, 0.717) is 16.6 Å². The number of amides is 2. The van der Waals surface area contributed by atoms with Crippen LogP contribution in [-0.4, -0.2) is 43.9 Å². The van der Waals surface area contributed by atoms with E-state index in [4.69, 9.17) is 23.2 Å². The van der Waals surface area contributed by atoms with Gasteiger partial charge in [0, 0.05) is 13.6 Å². The highest BCUT2D eigenvalue weighted by molar-refractivity contribution is 6.42. The Morgan fingerprint density at radius 1 is 1.20 bits per heavy atom. The summed E-state index contributed by atoms with van der Waals surface area (Å²) in [6, 6.07) is 5.34. The lowest BCUT2D eigenvalue weighted by atomic mass is 10.2. The summed E-state index contributed by atoms with van der Waals surface area (Å²) in [6.45, 7) is 0.734. The molecule has 0 aromatic heterocycles. The number of benzene rings is 1. The van der Waals surface area contributed by atoms with Gasteiger partial charge < -0.3 is 10.6 Å². The molecule has 5 nitrogen and oxygen atoms in total. The Morgan fingerprint density at radius 2 is 1.90 bits per heavy atom. The maximum Gasteiger partial charge on any atom is 0.239 e. The molecule has 1 rings (SSSR count). The van der Waals surface area contributed by atoms with Crippen molar-refractivity contribution in [3.05, 3.63) is 33.8 Å². The second kappa shape index (κ2) is 8.09. The van der Waals surface area contributed by atoms with Crippen LogP contribution >= 0.6 is 23.2 Å². The van der Waals surface area contributed by atoms with Crippen LogP contribution in [0.25, 0.3) is 0 Å². The van der Waals surface area contributed by atoms with Gasteiger partial charge in [-0.1, -0.05) is 29.3 Å². The Labute approximate surface area is 128 Å². The summed E-state index contributed by atoms with van der Waals surface area (Å²) in [5.74, 6) is -0.443. The van der Waals surface area contributed by atoms with Crippen molar-refractivity contribution in [2.75, 3.05) is 27.2 Å². The van der Waals surface area contributed by atoms with E-state index < -0.39 is 0 Å². The van der Waals surface area contributed by atoms with Crippen LogP contribution in [0.5, 0.6) is 0 Å². The first-order chi connectivity index (χ1) is 9.42. The van der Waals surface area contributed by atoms with Gasteiger partial charge in [-0.15, -0.1) is 0 Å². The monoisotopic (exact) mass is 317 g/mol. The Balaban J connectivity index is 2.42. The quantitative estimate of drug-likeness (QED) is 0.831. The maximum atomic E-state index is 11.6. The van der Waals surface area contributed by atoms with Crippen LogP contribution in [0.3, 0.4) is 0 Å². The van der Waals surface area contributed by atoms with Gasteiger partial charge in [-0.3, -0.25) is 14.5 Å². The summed E-state index contributed by atoms with van der Waals surface area (Å²) in [5, 5.41) is 5.95. The highest BCUT2D eigenvalue weighted by Crippen LogP contribution is 2.22. The molecule has 0 aliphatic rings. The van der Waals surface area contributed by atoms with E-state index in [1.54, 1.807) is 12.1 Å². The zero-order chi connectivity index (χ0) is 15.1. The molecule has 0 unspecified atom stereocenters. The molecule has 0 atom stereocenters. The first kappa shape index (κ1) is 16.8. The molecule has 0 saturated heterocycles. The lowest BCUT2D eigenvalue weighted by molar-refractivity contribution is -0.126. The van der Waals surface area contributed by atoms with Crippen molar-refractivity contribution >= 4 is 35.0 Å². The average molecular weight is 318 g/mol. The largest absolute Gasteiger partial charge is 0.358 e. The first-order valence-electron chi connectivity index (χ1n) is 6.02. The molecule has 0 aliphatic carbocycles. The van der Waals surface area contributed by atoms with E-state index in [0.717, 1.165) is 5.56 Å². The van der Waals surface area contributed by atoms with Gasteiger partial charge in [-0.05, 0) is 24.7 Å².